The molecule has 7 heteroatoms. The van der Waals surface area contributed by atoms with Crippen molar-refractivity contribution in [3.63, 3.8) is 0 Å². The SMILES string of the molecule is COc1ccc(NC(=O)c2nnn(-c3ccccc3C)c2N)cc1. The van der Waals surface area contributed by atoms with Gasteiger partial charge in [0, 0.05) is 5.69 Å². The van der Waals surface area contributed by atoms with E-state index in [2.05, 4.69) is 15.6 Å². The summed E-state index contributed by atoms with van der Waals surface area (Å²) in [5.41, 5.74) is 8.52. The Morgan fingerprint density at radius 1 is 1.17 bits per heavy atom. The summed E-state index contributed by atoms with van der Waals surface area (Å²) in [6.07, 6.45) is 0. The van der Waals surface area contributed by atoms with Crippen molar-refractivity contribution in [2.45, 2.75) is 6.92 Å². The van der Waals surface area contributed by atoms with Crippen molar-refractivity contribution in [1.82, 2.24) is 15.0 Å². The lowest BCUT2D eigenvalue weighted by atomic mass is 10.2. The molecule has 0 saturated heterocycles. The largest absolute Gasteiger partial charge is 0.497 e. The maximum Gasteiger partial charge on any atom is 0.280 e. The second kappa shape index (κ2) is 6.41. The van der Waals surface area contributed by atoms with Gasteiger partial charge in [-0.2, -0.15) is 4.68 Å². The summed E-state index contributed by atoms with van der Waals surface area (Å²) in [7, 11) is 1.58. The summed E-state index contributed by atoms with van der Waals surface area (Å²) in [5.74, 6) is 0.478. The number of carbonyl (C=O) groups excluding carboxylic acids is 1. The van der Waals surface area contributed by atoms with Gasteiger partial charge in [0.2, 0.25) is 0 Å². The van der Waals surface area contributed by atoms with Crippen LogP contribution < -0.4 is 15.8 Å². The molecule has 0 aliphatic heterocycles. The molecule has 7 nitrogen and oxygen atoms in total. The molecule has 1 amide bonds. The van der Waals surface area contributed by atoms with Gasteiger partial charge in [-0.25, -0.2) is 0 Å². The molecule has 122 valence electrons. The lowest BCUT2D eigenvalue weighted by molar-refractivity contribution is 0.102. The molecule has 0 atom stereocenters. The van der Waals surface area contributed by atoms with Crippen LogP contribution in [0.2, 0.25) is 0 Å². The highest BCUT2D eigenvalue weighted by molar-refractivity contribution is 6.05. The van der Waals surface area contributed by atoms with Gasteiger partial charge in [-0.05, 0) is 42.8 Å². The second-order valence-electron chi connectivity index (χ2n) is 5.20. The van der Waals surface area contributed by atoms with Crippen LogP contribution >= 0.6 is 0 Å². The summed E-state index contributed by atoms with van der Waals surface area (Å²) in [6.45, 7) is 1.94. The third-order valence-electron chi connectivity index (χ3n) is 3.61. The average Bonchev–Trinajstić information content (AvgIpc) is 2.97. The molecule has 0 aliphatic rings. The molecular weight excluding hydrogens is 306 g/mol. The van der Waals surface area contributed by atoms with E-state index in [1.807, 2.05) is 31.2 Å². The Morgan fingerprint density at radius 2 is 1.88 bits per heavy atom. The number of hydrogen-bond donors (Lipinski definition) is 2. The number of nitrogens with zero attached hydrogens (tertiary/aromatic N) is 3. The van der Waals surface area contributed by atoms with Crippen LogP contribution in [0.25, 0.3) is 5.69 Å². The van der Waals surface area contributed by atoms with Gasteiger partial charge in [-0.1, -0.05) is 23.4 Å². The fourth-order valence-corrected chi connectivity index (χ4v) is 2.29. The molecule has 0 spiro atoms. The molecule has 1 heterocycles. The number of aryl methyl sites for hydroxylation is 1. The second-order valence-corrected chi connectivity index (χ2v) is 5.20. The highest BCUT2D eigenvalue weighted by Gasteiger charge is 2.19. The van der Waals surface area contributed by atoms with E-state index in [1.165, 1.54) is 4.68 Å². The third-order valence-corrected chi connectivity index (χ3v) is 3.61. The zero-order chi connectivity index (χ0) is 17.1. The van der Waals surface area contributed by atoms with Crippen LogP contribution in [0.3, 0.4) is 0 Å². The summed E-state index contributed by atoms with van der Waals surface area (Å²) < 4.78 is 6.54. The number of nitrogens with two attached hydrogens (primary N) is 1. The first kappa shape index (κ1) is 15.5. The van der Waals surface area contributed by atoms with Crippen molar-refractivity contribution in [2.75, 3.05) is 18.2 Å². The van der Waals surface area contributed by atoms with Gasteiger partial charge in [-0.15, -0.1) is 5.10 Å². The number of anilines is 2. The molecule has 0 bridgehead atoms. The molecule has 24 heavy (non-hydrogen) atoms. The lowest BCUT2D eigenvalue weighted by Gasteiger charge is -2.07. The Hall–Kier alpha value is -3.35. The predicted octanol–water partition coefficient (Wildman–Crippen LogP) is 2.42. The highest BCUT2D eigenvalue weighted by atomic mass is 16.5. The van der Waals surface area contributed by atoms with Gasteiger partial charge in [0.1, 0.15) is 5.75 Å². The molecule has 1 aromatic heterocycles. The van der Waals surface area contributed by atoms with E-state index in [4.69, 9.17) is 10.5 Å². The average molecular weight is 323 g/mol. The molecule has 0 saturated carbocycles. The number of hydrogen-bond acceptors (Lipinski definition) is 5. The number of benzene rings is 2. The van der Waals surface area contributed by atoms with Crippen LogP contribution in [-0.4, -0.2) is 28.0 Å². The topological polar surface area (TPSA) is 95.1 Å². The molecule has 3 rings (SSSR count). The Kier molecular flexibility index (Phi) is 4.15. The molecular formula is C17H17N5O2. The number of ether oxygens (including phenoxy) is 1. The molecule has 0 unspecified atom stereocenters. The van der Waals surface area contributed by atoms with E-state index in [9.17, 15) is 4.79 Å². The van der Waals surface area contributed by atoms with Crippen molar-refractivity contribution in [3.8, 4) is 11.4 Å². The normalized spacial score (nSPS) is 10.4. The molecule has 0 radical (unpaired) electrons. The van der Waals surface area contributed by atoms with E-state index < -0.39 is 5.91 Å². The van der Waals surface area contributed by atoms with Gasteiger partial charge in [0.05, 0.1) is 12.8 Å². The Morgan fingerprint density at radius 3 is 2.54 bits per heavy atom. The van der Waals surface area contributed by atoms with Crippen LogP contribution in [-0.2, 0) is 0 Å². The zero-order valence-electron chi connectivity index (χ0n) is 13.4. The van der Waals surface area contributed by atoms with Gasteiger partial charge >= 0.3 is 0 Å². The monoisotopic (exact) mass is 323 g/mol. The molecule has 3 N–H and O–H groups in total. The van der Waals surface area contributed by atoms with Crippen LogP contribution in [0.4, 0.5) is 11.5 Å². The van der Waals surface area contributed by atoms with Crippen molar-refractivity contribution >= 4 is 17.4 Å². The number of nitrogen functional groups attached to an aromatic ring is 1. The molecule has 2 aromatic carbocycles. The summed E-state index contributed by atoms with van der Waals surface area (Å²) in [4.78, 5) is 12.4. The van der Waals surface area contributed by atoms with E-state index in [0.717, 1.165) is 11.3 Å². The number of amides is 1. The number of carbonyl (C=O) groups is 1. The Labute approximate surface area is 139 Å². The maximum absolute atomic E-state index is 12.4. The summed E-state index contributed by atoms with van der Waals surface area (Å²) in [6, 6.07) is 14.6. The van der Waals surface area contributed by atoms with Crippen molar-refractivity contribution in [1.29, 1.82) is 0 Å². The smallest absolute Gasteiger partial charge is 0.280 e. The van der Waals surface area contributed by atoms with Crippen molar-refractivity contribution in [2.24, 2.45) is 0 Å². The lowest BCUT2D eigenvalue weighted by Crippen LogP contribution is -2.15. The van der Waals surface area contributed by atoms with E-state index in [0.29, 0.717) is 11.4 Å². The molecule has 0 fully saturated rings. The van der Waals surface area contributed by atoms with Crippen molar-refractivity contribution < 1.29 is 9.53 Å². The minimum absolute atomic E-state index is 0.0778. The number of methoxy groups -OCH3 is 1. The highest BCUT2D eigenvalue weighted by Crippen LogP contribution is 2.20. The van der Waals surface area contributed by atoms with Gasteiger partial charge < -0.3 is 15.8 Å². The molecule has 0 aliphatic carbocycles. The standard InChI is InChI=1S/C17H17N5O2/c1-11-5-3-4-6-14(11)22-16(18)15(20-21-22)17(23)19-12-7-9-13(24-2)10-8-12/h3-10H,18H2,1-2H3,(H,19,23). The zero-order valence-corrected chi connectivity index (χ0v) is 13.4. The van der Waals surface area contributed by atoms with E-state index >= 15 is 0 Å². The fraction of sp³-hybridized carbons (Fsp3) is 0.118. The van der Waals surface area contributed by atoms with Crippen molar-refractivity contribution in [3.05, 3.63) is 59.8 Å². The minimum Gasteiger partial charge on any atom is -0.497 e. The number of nitrogens with one attached hydrogen (secondary N) is 1. The van der Waals surface area contributed by atoms with Crippen LogP contribution in [0.1, 0.15) is 16.1 Å². The van der Waals surface area contributed by atoms with E-state index in [-0.39, 0.29) is 11.5 Å². The first-order chi connectivity index (χ1) is 11.6. The Balaban J connectivity index is 1.85. The first-order valence-electron chi connectivity index (χ1n) is 7.32. The first-order valence-corrected chi connectivity index (χ1v) is 7.32. The number of para-hydroxylation sites is 1. The minimum atomic E-state index is -0.419. The number of aromatic nitrogens is 3. The predicted molar refractivity (Wildman–Crippen MR) is 91.5 cm³/mol. The third kappa shape index (κ3) is 2.91. The van der Waals surface area contributed by atoms with Gasteiger partial charge in [-0.3, -0.25) is 4.79 Å². The number of rotatable bonds is 4. The molecule has 3 aromatic rings. The van der Waals surface area contributed by atoms with Crippen LogP contribution in [0, 0.1) is 6.92 Å². The Bertz CT molecular complexity index is 871. The van der Waals surface area contributed by atoms with Gasteiger partial charge in [0.25, 0.3) is 5.91 Å². The maximum atomic E-state index is 12.4. The summed E-state index contributed by atoms with van der Waals surface area (Å²) >= 11 is 0. The van der Waals surface area contributed by atoms with Gasteiger partial charge in [0.15, 0.2) is 11.5 Å². The van der Waals surface area contributed by atoms with E-state index in [1.54, 1.807) is 31.4 Å². The quantitative estimate of drug-likeness (QED) is 0.769. The van der Waals surface area contributed by atoms with Crippen LogP contribution in [0.5, 0.6) is 5.75 Å². The van der Waals surface area contributed by atoms with Crippen LogP contribution in [0.15, 0.2) is 48.5 Å². The summed E-state index contributed by atoms with van der Waals surface area (Å²) in [5, 5.41) is 10.7. The fourth-order valence-electron chi connectivity index (χ4n) is 2.29.